The lowest BCUT2D eigenvalue weighted by Gasteiger charge is -2.32. The summed E-state index contributed by atoms with van der Waals surface area (Å²) in [7, 11) is 1.66. The number of amides is 2. The van der Waals surface area contributed by atoms with Gasteiger partial charge in [0.25, 0.3) is 0 Å². The highest BCUT2D eigenvalue weighted by molar-refractivity contribution is 6.03. The molecule has 0 aromatic rings. The van der Waals surface area contributed by atoms with E-state index in [9.17, 15) is 4.79 Å². The summed E-state index contributed by atoms with van der Waals surface area (Å²) < 4.78 is 5.41. The Balaban J connectivity index is 2.25. The van der Waals surface area contributed by atoms with Gasteiger partial charge in [0.1, 0.15) is 0 Å². The van der Waals surface area contributed by atoms with Crippen molar-refractivity contribution in [3.8, 4) is 0 Å². The van der Waals surface area contributed by atoms with E-state index < -0.39 is 0 Å². The normalized spacial score (nSPS) is 25.3. The quantitative estimate of drug-likeness (QED) is 0.833. The molecule has 0 aliphatic carbocycles. The van der Waals surface area contributed by atoms with Crippen LogP contribution < -0.4 is 11.1 Å². The van der Waals surface area contributed by atoms with Gasteiger partial charge in [0.05, 0.1) is 12.6 Å². The highest BCUT2D eigenvalue weighted by Gasteiger charge is 2.27. The molecule has 2 saturated heterocycles. The summed E-state index contributed by atoms with van der Waals surface area (Å²) in [5.74, 6) is 0.300. The molecule has 1 atom stereocenters. The van der Waals surface area contributed by atoms with E-state index >= 15 is 0 Å². The smallest absolute Gasteiger partial charge is 0.317 e. The molecule has 0 aromatic heterocycles. The van der Waals surface area contributed by atoms with E-state index in [1.807, 2.05) is 4.90 Å². The Morgan fingerprint density at radius 3 is 2.78 bits per heavy atom. The fourth-order valence-corrected chi connectivity index (χ4v) is 3.04. The minimum atomic E-state index is -0.0513. The summed E-state index contributed by atoms with van der Waals surface area (Å²) in [6.07, 6.45) is 3.70. The third-order valence-corrected chi connectivity index (χ3v) is 4.84. The number of urea groups is 1. The van der Waals surface area contributed by atoms with E-state index in [4.69, 9.17) is 15.5 Å². The van der Waals surface area contributed by atoms with Crippen molar-refractivity contribution < 1.29 is 9.53 Å². The van der Waals surface area contributed by atoms with Crippen LogP contribution in [0.2, 0.25) is 0 Å². The average molecular weight is 322 g/mol. The molecule has 2 heterocycles. The standard InChI is InChI=1S/C17H30N4O2/c1-4-12(2)16(18)14-11-21(17(22)19-3)8-5-15(14)20-13-6-9-23-10-7-13/h12-13H,4-11,18H2,1-3H3,(H,19,22)/b16-14-,20-15?. The van der Waals surface area contributed by atoms with Crippen molar-refractivity contribution >= 4 is 11.7 Å². The van der Waals surface area contributed by atoms with Crippen LogP contribution in [0.4, 0.5) is 4.79 Å². The van der Waals surface area contributed by atoms with Crippen LogP contribution in [0.25, 0.3) is 0 Å². The molecule has 0 aromatic carbocycles. The summed E-state index contributed by atoms with van der Waals surface area (Å²) in [6, 6.07) is 0.273. The summed E-state index contributed by atoms with van der Waals surface area (Å²) in [5, 5.41) is 2.70. The number of hydrogen-bond acceptors (Lipinski definition) is 4. The zero-order valence-electron chi connectivity index (χ0n) is 14.6. The molecule has 2 fully saturated rings. The first-order chi connectivity index (χ1) is 11.1. The van der Waals surface area contributed by atoms with Gasteiger partial charge in [-0.2, -0.15) is 0 Å². The Hall–Kier alpha value is -1.56. The third kappa shape index (κ3) is 4.47. The molecule has 2 aliphatic heterocycles. The molecule has 2 amide bonds. The van der Waals surface area contributed by atoms with Gasteiger partial charge in [-0.25, -0.2) is 4.79 Å². The first kappa shape index (κ1) is 17.8. The monoisotopic (exact) mass is 322 g/mol. The lowest BCUT2D eigenvalue weighted by Crippen LogP contribution is -2.45. The predicted octanol–water partition coefficient (Wildman–Crippen LogP) is 1.91. The van der Waals surface area contributed by atoms with Crippen LogP contribution in [0, 0.1) is 5.92 Å². The fourth-order valence-electron chi connectivity index (χ4n) is 3.04. The van der Waals surface area contributed by atoms with Gasteiger partial charge in [-0.3, -0.25) is 4.99 Å². The van der Waals surface area contributed by atoms with E-state index in [0.29, 0.717) is 25.0 Å². The van der Waals surface area contributed by atoms with E-state index in [1.54, 1.807) is 7.05 Å². The second-order valence-electron chi connectivity index (χ2n) is 6.39. The second-order valence-corrected chi connectivity index (χ2v) is 6.39. The van der Waals surface area contributed by atoms with Crippen molar-refractivity contribution in [1.82, 2.24) is 10.2 Å². The maximum absolute atomic E-state index is 12.0. The molecule has 6 nitrogen and oxygen atoms in total. The summed E-state index contributed by atoms with van der Waals surface area (Å²) in [4.78, 5) is 18.8. The molecular formula is C17H30N4O2. The van der Waals surface area contributed by atoms with Crippen LogP contribution in [0.15, 0.2) is 16.3 Å². The van der Waals surface area contributed by atoms with Crippen molar-refractivity contribution in [1.29, 1.82) is 0 Å². The van der Waals surface area contributed by atoms with Crippen LogP contribution in [0.3, 0.4) is 0 Å². The van der Waals surface area contributed by atoms with E-state index in [0.717, 1.165) is 55.9 Å². The van der Waals surface area contributed by atoms with Crippen molar-refractivity contribution in [3.05, 3.63) is 11.3 Å². The van der Waals surface area contributed by atoms with Crippen molar-refractivity contribution in [2.24, 2.45) is 16.6 Å². The maximum atomic E-state index is 12.0. The largest absolute Gasteiger partial charge is 0.401 e. The summed E-state index contributed by atoms with van der Waals surface area (Å²) >= 11 is 0. The lowest BCUT2D eigenvalue weighted by molar-refractivity contribution is 0.0870. The van der Waals surface area contributed by atoms with Gasteiger partial charge in [-0.1, -0.05) is 13.8 Å². The van der Waals surface area contributed by atoms with E-state index in [1.165, 1.54) is 0 Å². The number of carbonyl (C=O) groups is 1. The molecule has 2 rings (SSSR count). The number of hydrogen-bond donors (Lipinski definition) is 2. The minimum absolute atomic E-state index is 0.0513. The van der Waals surface area contributed by atoms with E-state index in [-0.39, 0.29) is 6.03 Å². The average Bonchev–Trinajstić information content (AvgIpc) is 2.60. The SMILES string of the molecule is CCC(C)/C(N)=C1\CN(C(=O)NC)CCC1=NC1CCOCC1. The topological polar surface area (TPSA) is 80.0 Å². The molecule has 1 unspecified atom stereocenters. The van der Waals surface area contributed by atoms with Crippen LogP contribution >= 0.6 is 0 Å². The molecule has 2 aliphatic rings. The number of piperidine rings is 1. The number of rotatable bonds is 3. The molecule has 3 N–H and O–H groups in total. The zero-order chi connectivity index (χ0) is 16.8. The first-order valence-electron chi connectivity index (χ1n) is 8.66. The van der Waals surface area contributed by atoms with Crippen molar-refractivity contribution in [2.75, 3.05) is 33.4 Å². The van der Waals surface area contributed by atoms with Crippen LogP contribution in [0.5, 0.6) is 0 Å². The van der Waals surface area contributed by atoms with Gasteiger partial charge in [0.2, 0.25) is 0 Å². The highest BCUT2D eigenvalue weighted by Crippen LogP contribution is 2.23. The Bertz CT molecular complexity index is 481. The highest BCUT2D eigenvalue weighted by atomic mass is 16.5. The number of allylic oxidation sites excluding steroid dienone is 1. The Morgan fingerprint density at radius 2 is 2.17 bits per heavy atom. The fraction of sp³-hybridized carbons (Fsp3) is 0.765. The van der Waals surface area contributed by atoms with Gasteiger partial charge < -0.3 is 20.7 Å². The van der Waals surface area contributed by atoms with Gasteiger partial charge >= 0.3 is 6.03 Å². The number of nitrogens with zero attached hydrogens (tertiary/aromatic N) is 2. The van der Waals surface area contributed by atoms with Crippen LogP contribution in [-0.2, 0) is 4.74 Å². The van der Waals surface area contributed by atoms with Crippen molar-refractivity contribution in [3.63, 3.8) is 0 Å². The molecule has 0 saturated carbocycles. The third-order valence-electron chi connectivity index (χ3n) is 4.84. The molecule has 6 heteroatoms. The molecular weight excluding hydrogens is 292 g/mol. The van der Waals surface area contributed by atoms with Crippen LogP contribution in [-0.4, -0.2) is 56.0 Å². The van der Waals surface area contributed by atoms with Gasteiger partial charge in [-0.15, -0.1) is 0 Å². The number of nitrogens with two attached hydrogens (primary N) is 1. The van der Waals surface area contributed by atoms with Crippen molar-refractivity contribution in [2.45, 2.75) is 45.6 Å². The second kappa shape index (κ2) is 8.34. The molecule has 23 heavy (non-hydrogen) atoms. The number of nitrogens with one attached hydrogen (secondary N) is 1. The Labute approximate surface area is 139 Å². The molecule has 0 spiro atoms. The lowest BCUT2D eigenvalue weighted by atomic mass is 9.93. The number of aliphatic imine (C=N–C) groups is 1. The Kier molecular flexibility index (Phi) is 6.45. The molecule has 130 valence electrons. The molecule has 0 radical (unpaired) electrons. The Morgan fingerprint density at radius 1 is 1.48 bits per heavy atom. The minimum Gasteiger partial charge on any atom is -0.401 e. The number of ether oxygens (including phenoxy) is 1. The zero-order valence-corrected chi connectivity index (χ0v) is 14.6. The molecule has 0 bridgehead atoms. The number of likely N-dealkylation sites (tertiary alicyclic amines) is 1. The first-order valence-corrected chi connectivity index (χ1v) is 8.66. The van der Waals surface area contributed by atoms with E-state index in [2.05, 4.69) is 19.2 Å². The summed E-state index contributed by atoms with van der Waals surface area (Å²) in [6.45, 7) is 7.08. The van der Waals surface area contributed by atoms with Crippen LogP contribution in [0.1, 0.15) is 39.5 Å². The summed E-state index contributed by atoms with van der Waals surface area (Å²) in [5.41, 5.74) is 9.45. The predicted molar refractivity (Wildman–Crippen MR) is 92.6 cm³/mol. The van der Waals surface area contributed by atoms with Gasteiger partial charge in [0, 0.05) is 50.2 Å². The number of carbonyl (C=O) groups excluding carboxylic acids is 1. The maximum Gasteiger partial charge on any atom is 0.317 e. The van der Waals surface area contributed by atoms with Gasteiger partial charge in [-0.05, 0) is 25.2 Å². The van der Waals surface area contributed by atoms with Gasteiger partial charge in [0.15, 0.2) is 0 Å².